The SMILES string of the molecule is C[C@@H]([C@H]1CC[C@@]2(O)C3=CC(=O)[C@@H]4C[C@@H](O)[C@@H](O)C[C@]4(C)[C@H]3CC[C@]12C)[C@@H](O)CCC(C)(C)O. The van der Waals surface area contributed by atoms with E-state index in [0.29, 0.717) is 25.7 Å². The second-order valence-electron chi connectivity index (χ2n) is 12.9. The van der Waals surface area contributed by atoms with Gasteiger partial charge in [-0.2, -0.15) is 0 Å². The van der Waals surface area contributed by atoms with E-state index < -0.39 is 40.3 Å². The van der Waals surface area contributed by atoms with Crippen LogP contribution in [0.25, 0.3) is 0 Å². The van der Waals surface area contributed by atoms with Gasteiger partial charge in [0.1, 0.15) is 0 Å². The van der Waals surface area contributed by atoms with E-state index in [1.807, 2.05) is 0 Å². The standard InChI is InChI=1S/C27H44O6/c1-15(20(28)8-9-24(2,3)32)16-7-11-27(33)18-12-21(29)19-13-22(30)23(31)14-25(19,4)17(18)6-10-26(16,27)5/h12,15-17,19-20,22-23,28,30-33H,6-11,13-14H2,1-5H3/t15-,16+,17-,19-,20-,22+,23-,25+,26+,27+/m0/s1. The zero-order valence-electron chi connectivity index (χ0n) is 20.9. The first kappa shape index (κ1) is 25.3. The van der Waals surface area contributed by atoms with Crippen molar-refractivity contribution in [2.24, 2.45) is 34.5 Å². The molecule has 0 unspecified atom stereocenters. The predicted octanol–water partition coefficient (Wildman–Crippen LogP) is 2.74. The van der Waals surface area contributed by atoms with Crippen LogP contribution in [0.1, 0.15) is 86.0 Å². The third-order valence-electron chi connectivity index (χ3n) is 10.5. The average Bonchev–Trinajstić information content (AvgIpc) is 2.99. The Kier molecular flexibility index (Phi) is 6.23. The minimum absolute atomic E-state index is 0.00888. The quantitative estimate of drug-likeness (QED) is 0.427. The number of rotatable bonds is 5. The van der Waals surface area contributed by atoms with E-state index in [9.17, 15) is 30.3 Å². The lowest BCUT2D eigenvalue weighted by atomic mass is 9.46. The van der Waals surface area contributed by atoms with Crippen molar-refractivity contribution in [3.05, 3.63) is 11.6 Å². The van der Waals surface area contributed by atoms with E-state index in [2.05, 4.69) is 20.8 Å². The highest BCUT2D eigenvalue weighted by Gasteiger charge is 2.67. The number of hydrogen-bond acceptors (Lipinski definition) is 6. The molecular weight excluding hydrogens is 420 g/mol. The first-order chi connectivity index (χ1) is 15.1. The molecule has 0 aromatic heterocycles. The summed E-state index contributed by atoms with van der Waals surface area (Å²) in [5, 5.41) is 53.9. The molecule has 0 aliphatic heterocycles. The first-order valence-corrected chi connectivity index (χ1v) is 12.9. The fourth-order valence-corrected chi connectivity index (χ4v) is 8.29. The predicted molar refractivity (Wildman–Crippen MR) is 125 cm³/mol. The summed E-state index contributed by atoms with van der Waals surface area (Å²) < 4.78 is 0. The lowest BCUT2D eigenvalue weighted by molar-refractivity contribution is -0.154. The van der Waals surface area contributed by atoms with E-state index in [4.69, 9.17) is 0 Å². The fraction of sp³-hybridized carbons (Fsp3) is 0.889. The summed E-state index contributed by atoms with van der Waals surface area (Å²) in [4.78, 5) is 13.2. The van der Waals surface area contributed by atoms with Crippen LogP contribution in [0.5, 0.6) is 0 Å². The summed E-state index contributed by atoms with van der Waals surface area (Å²) in [6.07, 6.45) is 4.06. The van der Waals surface area contributed by atoms with Crippen molar-refractivity contribution < 1.29 is 30.3 Å². The van der Waals surface area contributed by atoms with E-state index in [1.54, 1.807) is 19.9 Å². The maximum absolute atomic E-state index is 13.2. The molecule has 6 nitrogen and oxygen atoms in total. The van der Waals surface area contributed by atoms with Crippen LogP contribution < -0.4 is 0 Å². The van der Waals surface area contributed by atoms with Crippen molar-refractivity contribution in [1.29, 1.82) is 0 Å². The molecule has 188 valence electrons. The van der Waals surface area contributed by atoms with Crippen molar-refractivity contribution in [1.82, 2.24) is 0 Å². The number of carbonyl (C=O) groups excluding carboxylic acids is 1. The van der Waals surface area contributed by atoms with Gasteiger partial charge in [-0.25, -0.2) is 0 Å². The van der Waals surface area contributed by atoms with Crippen LogP contribution >= 0.6 is 0 Å². The Morgan fingerprint density at radius 3 is 2.42 bits per heavy atom. The van der Waals surface area contributed by atoms with Crippen molar-refractivity contribution >= 4 is 5.78 Å². The maximum atomic E-state index is 13.2. The minimum atomic E-state index is -1.10. The Bertz CT molecular complexity index is 816. The maximum Gasteiger partial charge on any atom is 0.159 e. The van der Waals surface area contributed by atoms with Crippen LogP contribution in [0.15, 0.2) is 11.6 Å². The van der Waals surface area contributed by atoms with E-state index in [0.717, 1.165) is 24.8 Å². The van der Waals surface area contributed by atoms with Crippen LogP contribution in [-0.4, -0.2) is 60.8 Å². The van der Waals surface area contributed by atoms with Crippen molar-refractivity contribution in [3.8, 4) is 0 Å². The minimum Gasteiger partial charge on any atom is -0.393 e. The number of hydrogen-bond donors (Lipinski definition) is 5. The average molecular weight is 465 g/mol. The molecule has 0 amide bonds. The van der Waals surface area contributed by atoms with Gasteiger partial charge in [0, 0.05) is 11.3 Å². The number of allylic oxidation sites excluding steroid dienone is 1. The molecule has 10 atom stereocenters. The first-order valence-electron chi connectivity index (χ1n) is 12.9. The van der Waals surface area contributed by atoms with Gasteiger partial charge in [-0.1, -0.05) is 20.8 Å². The molecule has 0 heterocycles. The zero-order chi connectivity index (χ0) is 24.6. The lowest BCUT2D eigenvalue weighted by Gasteiger charge is -2.60. The number of fused-ring (bicyclic) bond motifs is 5. The molecule has 4 aliphatic carbocycles. The van der Waals surface area contributed by atoms with Crippen molar-refractivity contribution in [2.75, 3.05) is 0 Å². The normalized spacial score (nSPS) is 47.3. The van der Waals surface area contributed by atoms with Gasteiger partial charge in [-0.3, -0.25) is 4.79 Å². The van der Waals surface area contributed by atoms with Crippen LogP contribution in [0.2, 0.25) is 0 Å². The molecule has 0 aromatic rings. The number of aliphatic hydroxyl groups is 5. The summed E-state index contributed by atoms with van der Waals surface area (Å²) in [5.41, 5.74) is -2.01. The summed E-state index contributed by atoms with van der Waals surface area (Å²) in [6, 6.07) is 0. The third kappa shape index (κ3) is 3.85. The Hall–Kier alpha value is -0.790. The molecule has 33 heavy (non-hydrogen) atoms. The topological polar surface area (TPSA) is 118 Å². The highest BCUT2D eigenvalue weighted by atomic mass is 16.3. The van der Waals surface area contributed by atoms with Crippen LogP contribution in [0, 0.1) is 34.5 Å². The molecule has 4 rings (SSSR count). The highest BCUT2D eigenvalue weighted by Crippen LogP contribution is 2.68. The van der Waals surface area contributed by atoms with Crippen LogP contribution in [-0.2, 0) is 4.79 Å². The number of ketones is 1. The largest absolute Gasteiger partial charge is 0.393 e. The molecule has 3 fully saturated rings. The van der Waals surface area contributed by atoms with Gasteiger partial charge in [0.25, 0.3) is 0 Å². The zero-order valence-corrected chi connectivity index (χ0v) is 20.9. The third-order valence-corrected chi connectivity index (χ3v) is 10.5. The molecule has 0 aromatic carbocycles. The molecule has 0 spiro atoms. The van der Waals surface area contributed by atoms with Gasteiger partial charge in [-0.05, 0) is 100 Å². The van der Waals surface area contributed by atoms with E-state index in [-0.39, 0.29) is 35.9 Å². The highest BCUT2D eigenvalue weighted by molar-refractivity contribution is 5.95. The second-order valence-corrected chi connectivity index (χ2v) is 12.9. The molecule has 0 radical (unpaired) electrons. The van der Waals surface area contributed by atoms with Crippen molar-refractivity contribution in [3.63, 3.8) is 0 Å². The van der Waals surface area contributed by atoms with Gasteiger partial charge in [0.2, 0.25) is 0 Å². The van der Waals surface area contributed by atoms with E-state index >= 15 is 0 Å². The van der Waals surface area contributed by atoms with Crippen molar-refractivity contribution in [2.45, 2.75) is 115 Å². The molecule has 5 N–H and O–H groups in total. The van der Waals surface area contributed by atoms with Gasteiger partial charge >= 0.3 is 0 Å². The fourth-order valence-electron chi connectivity index (χ4n) is 8.29. The molecule has 0 bridgehead atoms. The Balaban J connectivity index is 1.62. The summed E-state index contributed by atoms with van der Waals surface area (Å²) >= 11 is 0. The Morgan fingerprint density at radius 2 is 1.79 bits per heavy atom. The molecule has 4 aliphatic rings. The van der Waals surface area contributed by atoms with Gasteiger partial charge in [-0.15, -0.1) is 0 Å². The molecular formula is C27H44O6. The van der Waals surface area contributed by atoms with Crippen LogP contribution in [0.4, 0.5) is 0 Å². The monoisotopic (exact) mass is 464 g/mol. The summed E-state index contributed by atoms with van der Waals surface area (Å²) in [5.74, 6) is -0.264. The Labute approximate surface area is 198 Å². The number of aliphatic hydroxyl groups excluding tert-OH is 3. The molecule has 3 saturated carbocycles. The molecule has 0 saturated heterocycles. The second kappa shape index (κ2) is 8.12. The molecule has 6 heteroatoms. The van der Waals surface area contributed by atoms with Gasteiger partial charge in [0.05, 0.1) is 29.5 Å². The Morgan fingerprint density at radius 1 is 1.12 bits per heavy atom. The smallest absolute Gasteiger partial charge is 0.159 e. The van der Waals surface area contributed by atoms with Gasteiger partial charge in [0.15, 0.2) is 5.78 Å². The number of carbonyl (C=O) groups is 1. The summed E-state index contributed by atoms with van der Waals surface area (Å²) in [7, 11) is 0. The lowest BCUT2D eigenvalue weighted by Crippen LogP contribution is -2.61. The summed E-state index contributed by atoms with van der Waals surface area (Å²) in [6.45, 7) is 9.74. The van der Waals surface area contributed by atoms with Crippen LogP contribution in [0.3, 0.4) is 0 Å². The van der Waals surface area contributed by atoms with E-state index in [1.165, 1.54) is 0 Å². The van der Waals surface area contributed by atoms with Gasteiger partial charge < -0.3 is 25.5 Å².